The van der Waals surface area contributed by atoms with Crippen LogP contribution in [0.3, 0.4) is 0 Å². The first-order chi connectivity index (χ1) is 15.0. The molecule has 2 aromatic carbocycles. The Hall–Kier alpha value is -3.48. The zero-order chi connectivity index (χ0) is 21.8. The number of hydrogen-bond donors (Lipinski definition) is 2. The van der Waals surface area contributed by atoms with Gasteiger partial charge < -0.3 is 16.0 Å². The molecule has 1 fully saturated rings. The van der Waals surface area contributed by atoms with E-state index in [0.29, 0.717) is 17.8 Å². The molecule has 0 saturated carbocycles. The number of pyridine rings is 1. The summed E-state index contributed by atoms with van der Waals surface area (Å²) >= 11 is 0. The van der Waals surface area contributed by atoms with Crippen LogP contribution in [0.4, 0.5) is 10.2 Å². The summed E-state index contributed by atoms with van der Waals surface area (Å²) in [6, 6.07) is 15.5. The molecule has 1 unspecified atom stereocenters. The van der Waals surface area contributed by atoms with Crippen molar-refractivity contribution >= 4 is 28.5 Å². The van der Waals surface area contributed by atoms with Crippen molar-refractivity contribution in [3.05, 3.63) is 71.5 Å². The molecule has 1 saturated heterocycles. The first-order valence-electron chi connectivity index (χ1n) is 10.5. The number of benzene rings is 2. The van der Waals surface area contributed by atoms with Crippen molar-refractivity contribution in [3.8, 4) is 0 Å². The summed E-state index contributed by atoms with van der Waals surface area (Å²) in [4.78, 5) is 31.9. The van der Waals surface area contributed by atoms with E-state index >= 15 is 0 Å². The number of carbonyl (C=O) groups excluding carboxylic acids is 2. The Balaban J connectivity index is 1.54. The highest BCUT2D eigenvalue weighted by molar-refractivity contribution is 6.02. The van der Waals surface area contributed by atoms with Gasteiger partial charge in [-0.3, -0.25) is 9.59 Å². The normalized spacial score (nSPS) is 14.5. The van der Waals surface area contributed by atoms with Crippen LogP contribution in [-0.2, 0) is 11.2 Å². The van der Waals surface area contributed by atoms with Crippen LogP contribution in [0.2, 0.25) is 0 Å². The summed E-state index contributed by atoms with van der Waals surface area (Å²) in [6.07, 6.45) is 2.46. The fourth-order valence-electron chi connectivity index (χ4n) is 3.93. The van der Waals surface area contributed by atoms with Gasteiger partial charge in [0.25, 0.3) is 5.91 Å². The Morgan fingerprint density at radius 2 is 1.81 bits per heavy atom. The van der Waals surface area contributed by atoms with Crippen LogP contribution >= 0.6 is 0 Å². The van der Waals surface area contributed by atoms with E-state index in [2.05, 4.69) is 10.2 Å². The highest BCUT2D eigenvalue weighted by Gasteiger charge is 2.23. The molecule has 0 spiro atoms. The lowest BCUT2D eigenvalue weighted by atomic mass is 9.98. The third kappa shape index (κ3) is 4.82. The standard InChI is InChI=1S/C24H25FN4O2/c25-19-9-7-16(8-10-19)13-18(22(26)30)15-27-24(31)20-14-17-5-1-2-6-21(17)28-23(20)29-11-3-4-12-29/h1-2,5-10,14,18H,3-4,11-13,15H2,(H2,26,30)(H,27,31). The van der Waals surface area contributed by atoms with Gasteiger partial charge in [-0.2, -0.15) is 0 Å². The fourth-order valence-corrected chi connectivity index (χ4v) is 3.93. The molecule has 2 amide bonds. The van der Waals surface area contributed by atoms with Gasteiger partial charge in [0.15, 0.2) is 0 Å². The fraction of sp³-hybridized carbons (Fsp3) is 0.292. The predicted octanol–water partition coefficient (Wildman–Crippen LogP) is 3.05. The number of primary amides is 1. The zero-order valence-electron chi connectivity index (χ0n) is 17.2. The summed E-state index contributed by atoms with van der Waals surface area (Å²) in [5.41, 5.74) is 7.67. The van der Waals surface area contributed by atoms with Gasteiger partial charge >= 0.3 is 0 Å². The molecule has 160 valence electrons. The summed E-state index contributed by atoms with van der Waals surface area (Å²) < 4.78 is 13.1. The van der Waals surface area contributed by atoms with E-state index in [1.54, 1.807) is 12.1 Å². The Morgan fingerprint density at radius 3 is 2.52 bits per heavy atom. The summed E-state index contributed by atoms with van der Waals surface area (Å²) in [6.45, 7) is 1.82. The van der Waals surface area contributed by atoms with Crippen molar-refractivity contribution in [2.24, 2.45) is 11.7 Å². The molecule has 1 aliphatic rings. The number of amides is 2. The van der Waals surface area contributed by atoms with E-state index in [4.69, 9.17) is 10.7 Å². The first-order valence-corrected chi connectivity index (χ1v) is 10.5. The number of nitrogens with zero attached hydrogens (tertiary/aromatic N) is 2. The number of anilines is 1. The van der Waals surface area contributed by atoms with Crippen molar-refractivity contribution in [2.45, 2.75) is 19.3 Å². The largest absolute Gasteiger partial charge is 0.369 e. The lowest BCUT2D eigenvalue weighted by molar-refractivity contribution is -0.121. The van der Waals surface area contributed by atoms with Gasteiger partial charge in [0, 0.05) is 25.0 Å². The molecule has 7 heteroatoms. The molecule has 1 aromatic heterocycles. The lowest BCUT2D eigenvalue weighted by Gasteiger charge is -2.21. The van der Waals surface area contributed by atoms with E-state index in [0.717, 1.165) is 42.4 Å². The van der Waals surface area contributed by atoms with Gasteiger partial charge in [-0.25, -0.2) is 9.37 Å². The van der Waals surface area contributed by atoms with Crippen LogP contribution in [0, 0.1) is 11.7 Å². The molecule has 3 aromatic rings. The molecule has 3 N–H and O–H groups in total. The van der Waals surface area contributed by atoms with Crippen molar-refractivity contribution in [2.75, 3.05) is 24.5 Å². The average molecular weight is 420 g/mol. The zero-order valence-corrected chi connectivity index (χ0v) is 17.2. The molecule has 0 radical (unpaired) electrons. The maximum atomic E-state index is 13.1. The van der Waals surface area contributed by atoms with E-state index in [1.807, 2.05) is 30.3 Å². The number of rotatable bonds is 7. The second kappa shape index (κ2) is 9.12. The minimum Gasteiger partial charge on any atom is -0.369 e. The monoisotopic (exact) mass is 420 g/mol. The minimum absolute atomic E-state index is 0.0950. The number of nitrogens with two attached hydrogens (primary N) is 1. The molecule has 6 nitrogen and oxygen atoms in total. The molecular weight excluding hydrogens is 395 g/mol. The minimum atomic E-state index is -0.599. The maximum Gasteiger partial charge on any atom is 0.255 e. The third-order valence-corrected chi connectivity index (χ3v) is 5.66. The van der Waals surface area contributed by atoms with Crippen molar-refractivity contribution < 1.29 is 14.0 Å². The molecular formula is C24H25FN4O2. The molecule has 1 atom stereocenters. The topological polar surface area (TPSA) is 88.3 Å². The van der Waals surface area contributed by atoms with Crippen molar-refractivity contribution in [1.82, 2.24) is 10.3 Å². The van der Waals surface area contributed by atoms with Crippen LogP contribution in [0.15, 0.2) is 54.6 Å². The third-order valence-electron chi connectivity index (χ3n) is 5.66. The predicted molar refractivity (Wildman–Crippen MR) is 118 cm³/mol. The molecule has 2 heterocycles. The highest BCUT2D eigenvalue weighted by atomic mass is 19.1. The number of aromatic nitrogens is 1. The van der Waals surface area contributed by atoms with Gasteiger partial charge in [0.2, 0.25) is 5.91 Å². The molecule has 1 aliphatic heterocycles. The summed E-state index contributed by atoms with van der Waals surface area (Å²) in [7, 11) is 0. The smallest absolute Gasteiger partial charge is 0.255 e. The highest BCUT2D eigenvalue weighted by Crippen LogP contribution is 2.26. The molecule has 0 aliphatic carbocycles. The number of para-hydroxylation sites is 1. The SMILES string of the molecule is NC(=O)C(CNC(=O)c1cc2ccccc2nc1N1CCCC1)Cc1ccc(F)cc1. The average Bonchev–Trinajstić information content (AvgIpc) is 3.31. The molecule has 0 bridgehead atoms. The van der Waals surface area contributed by atoms with Crippen molar-refractivity contribution in [1.29, 1.82) is 0 Å². The Bertz CT molecular complexity index is 1090. The van der Waals surface area contributed by atoms with Crippen LogP contribution in [0.5, 0.6) is 0 Å². The number of fused-ring (bicyclic) bond motifs is 1. The van der Waals surface area contributed by atoms with Gasteiger partial charge in [0.05, 0.1) is 17.0 Å². The maximum absolute atomic E-state index is 13.1. The molecule has 4 rings (SSSR count). The lowest BCUT2D eigenvalue weighted by Crippen LogP contribution is -2.38. The number of halogens is 1. The quantitative estimate of drug-likeness (QED) is 0.615. The van der Waals surface area contributed by atoms with Gasteiger partial charge in [-0.1, -0.05) is 30.3 Å². The van der Waals surface area contributed by atoms with Gasteiger partial charge in [-0.05, 0) is 49.1 Å². The Kier molecular flexibility index (Phi) is 6.11. The number of nitrogens with one attached hydrogen (secondary N) is 1. The van der Waals surface area contributed by atoms with Gasteiger partial charge in [-0.15, -0.1) is 0 Å². The summed E-state index contributed by atoms with van der Waals surface area (Å²) in [5, 5.41) is 3.74. The van der Waals surface area contributed by atoms with Crippen LogP contribution in [0.1, 0.15) is 28.8 Å². The van der Waals surface area contributed by atoms with Crippen LogP contribution in [0.25, 0.3) is 10.9 Å². The van der Waals surface area contributed by atoms with Crippen LogP contribution < -0.4 is 16.0 Å². The van der Waals surface area contributed by atoms with E-state index in [9.17, 15) is 14.0 Å². The van der Waals surface area contributed by atoms with Crippen molar-refractivity contribution in [3.63, 3.8) is 0 Å². The Labute approximate surface area is 180 Å². The van der Waals surface area contributed by atoms with E-state index < -0.39 is 11.8 Å². The Morgan fingerprint density at radius 1 is 1.10 bits per heavy atom. The van der Waals surface area contributed by atoms with E-state index in [1.165, 1.54) is 12.1 Å². The first kappa shape index (κ1) is 20.8. The molecule has 31 heavy (non-hydrogen) atoms. The van der Waals surface area contributed by atoms with E-state index in [-0.39, 0.29) is 18.3 Å². The number of hydrogen-bond acceptors (Lipinski definition) is 4. The van der Waals surface area contributed by atoms with Gasteiger partial charge in [0.1, 0.15) is 11.6 Å². The number of carbonyl (C=O) groups is 2. The second-order valence-electron chi connectivity index (χ2n) is 7.89. The summed E-state index contributed by atoms with van der Waals surface area (Å²) in [5.74, 6) is -1.07. The second-order valence-corrected chi connectivity index (χ2v) is 7.89. The van der Waals surface area contributed by atoms with Crippen LogP contribution in [-0.4, -0.2) is 36.4 Å².